The number of fused-ring (bicyclic) bond motifs is 2. The number of benzene rings is 2. The summed E-state index contributed by atoms with van der Waals surface area (Å²) < 4.78 is 54.4. The number of carbonyl (C=O) groups excluding carboxylic acids is 2. The zero-order valence-electron chi connectivity index (χ0n) is 21.1. The first kappa shape index (κ1) is 28.0. The molecule has 0 aliphatic heterocycles. The minimum absolute atomic E-state index is 0.145. The summed E-state index contributed by atoms with van der Waals surface area (Å²) >= 11 is 5.77. The van der Waals surface area contributed by atoms with E-state index in [9.17, 15) is 37.1 Å². The second-order valence-corrected chi connectivity index (χ2v) is 9.84. The molecular formula is C27H20ClF4N5O4. The maximum atomic E-state index is 13.5. The normalized spacial score (nSPS) is 14.6. The summed E-state index contributed by atoms with van der Waals surface area (Å²) in [4.78, 5) is 41.8. The number of hydrogen-bond acceptors (Lipinski definition) is 5. The van der Waals surface area contributed by atoms with Crippen LogP contribution in [-0.4, -0.2) is 37.5 Å². The number of carbonyl (C=O) groups is 3. The molecule has 14 heteroatoms. The predicted octanol–water partition coefficient (Wildman–Crippen LogP) is 4.89. The molecule has 0 spiro atoms. The zero-order valence-corrected chi connectivity index (χ0v) is 21.9. The third kappa shape index (κ3) is 5.44. The van der Waals surface area contributed by atoms with E-state index in [0.29, 0.717) is 34.6 Å². The summed E-state index contributed by atoms with van der Waals surface area (Å²) in [6.45, 7) is 1.54. The summed E-state index contributed by atoms with van der Waals surface area (Å²) in [6, 6.07) is 7.97. The molecule has 5 rings (SSSR count). The molecular weight excluding hydrogens is 570 g/mol. The Kier molecular flexibility index (Phi) is 7.15. The number of rotatable bonds is 6. The van der Waals surface area contributed by atoms with Gasteiger partial charge in [-0.3, -0.25) is 9.59 Å². The topological polar surface area (TPSA) is 126 Å². The standard InChI is InChI=1S/C27H20ClF4N5O4/c1-12-14-5-7-19(16(14)4-3-15(12)26(40)41)35-24(38)20-9-21(37-23(34-20)10-22(36-37)27(30,31)32)25(39)33-11-13-2-6-18(29)17(28)8-13/h2-4,6,8-10,19H,5,7,11H2,1H3,(H,33,39)(H,35,38)(H,40,41)/t19-/m0/s1. The first-order valence-corrected chi connectivity index (χ1v) is 12.6. The Bertz CT molecular complexity index is 1740. The minimum atomic E-state index is -4.84. The van der Waals surface area contributed by atoms with Crippen molar-refractivity contribution in [3.8, 4) is 0 Å². The van der Waals surface area contributed by atoms with Crippen molar-refractivity contribution in [1.29, 1.82) is 0 Å². The average Bonchev–Trinajstić information content (AvgIpc) is 3.53. The number of aromatic nitrogens is 3. The lowest BCUT2D eigenvalue weighted by Gasteiger charge is -2.16. The molecule has 0 radical (unpaired) electrons. The molecule has 0 bridgehead atoms. The van der Waals surface area contributed by atoms with Crippen LogP contribution in [0.4, 0.5) is 17.6 Å². The zero-order chi connectivity index (χ0) is 29.6. The van der Waals surface area contributed by atoms with E-state index in [-0.39, 0.29) is 28.5 Å². The van der Waals surface area contributed by atoms with Crippen LogP contribution in [0.25, 0.3) is 5.65 Å². The number of alkyl halides is 3. The maximum Gasteiger partial charge on any atom is 0.435 e. The van der Waals surface area contributed by atoms with Crippen molar-refractivity contribution in [1.82, 2.24) is 25.2 Å². The van der Waals surface area contributed by atoms with Crippen LogP contribution in [0.2, 0.25) is 5.02 Å². The van der Waals surface area contributed by atoms with Gasteiger partial charge in [-0.1, -0.05) is 23.7 Å². The molecule has 1 aliphatic carbocycles. The van der Waals surface area contributed by atoms with Gasteiger partial charge in [0, 0.05) is 18.7 Å². The lowest BCUT2D eigenvalue weighted by Crippen LogP contribution is -2.30. The Labute approximate surface area is 234 Å². The van der Waals surface area contributed by atoms with Crippen LogP contribution in [0.5, 0.6) is 0 Å². The van der Waals surface area contributed by atoms with Crippen LogP contribution in [0.3, 0.4) is 0 Å². The molecule has 4 aromatic rings. The van der Waals surface area contributed by atoms with E-state index in [1.807, 2.05) is 0 Å². The molecule has 0 saturated carbocycles. The predicted molar refractivity (Wildman–Crippen MR) is 137 cm³/mol. The number of carboxylic acids is 1. The van der Waals surface area contributed by atoms with E-state index in [4.69, 9.17) is 11.6 Å². The summed E-state index contributed by atoms with van der Waals surface area (Å²) in [6.07, 6.45) is -3.86. The van der Waals surface area contributed by atoms with E-state index in [2.05, 4.69) is 20.7 Å². The summed E-state index contributed by atoms with van der Waals surface area (Å²) in [5, 5.41) is 18.0. The molecule has 0 fully saturated rings. The fourth-order valence-corrected chi connectivity index (χ4v) is 5.01. The van der Waals surface area contributed by atoms with Gasteiger partial charge in [0.2, 0.25) is 0 Å². The van der Waals surface area contributed by atoms with E-state index in [1.54, 1.807) is 13.0 Å². The van der Waals surface area contributed by atoms with Gasteiger partial charge in [-0.2, -0.15) is 18.3 Å². The minimum Gasteiger partial charge on any atom is -0.478 e. The lowest BCUT2D eigenvalue weighted by molar-refractivity contribution is -0.141. The lowest BCUT2D eigenvalue weighted by atomic mass is 9.98. The van der Waals surface area contributed by atoms with Gasteiger partial charge in [0.1, 0.15) is 17.2 Å². The third-order valence-corrected chi connectivity index (χ3v) is 7.14. The second-order valence-electron chi connectivity index (χ2n) is 9.43. The fraction of sp³-hybridized carbons (Fsp3) is 0.222. The van der Waals surface area contributed by atoms with Crippen molar-refractivity contribution in [3.05, 3.63) is 98.2 Å². The molecule has 2 aromatic carbocycles. The average molecular weight is 590 g/mol. The van der Waals surface area contributed by atoms with Gasteiger partial charge in [0.15, 0.2) is 11.3 Å². The first-order chi connectivity index (χ1) is 19.3. The Balaban J connectivity index is 1.45. The van der Waals surface area contributed by atoms with Crippen molar-refractivity contribution in [2.45, 2.75) is 38.5 Å². The van der Waals surface area contributed by atoms with Crippen LogP contribution < -0.4 is 10.6 Å². The third-order valence-electron chi connectivity index (χ3n) is 6.85. The molecule has 0 saturated heterocycles. The molecule has 1 aliphatic rings. The Morgan fingerprint density at radius 2 is 1.88 bits per heavy atom. The number of nitrogens with one attached hydrogen (secondary N) is 2. The number of amides is 2. The number of hydrogen-bond donors (Lipinski definition) is 3. The van der Waals surface area contributed by atoms with Gasteiger partial charge in [0.25, 0.3) is 11.8 Å². The van der Waals surface area contributed by atoms with E-state index < -0.39 is 47.2 Å². The summed E-state index contributed by atoms with van der Waals surface area (Å²) in [5.41, 5.74) is 0.280. The van der Waals surface area contributed by atoms with Crippen molar-refractivity contribution >= 4 is 35.0 Å². The van der Waals surface area contributed by atoms with Gasteiger partial charge in [-0.15, -0.1) is 0 Å². The van der Waals surface area contributed by atoms with E-state index in [0.717, 1.165) is 23.3 Å². The van der Waals surface area contributed by atoms with Crippen molar-refractivity contribution < 1.29 is 37.1 Å². The van der Waals surface area contributed by atoms with Gasteiger partial charge in [-0.05, 0) is 60.2 Å². The SMILES string of the molecule is Cc1c(C(=O)O)ccc2c1CC[C@@H]2NC(=O)c1cc(C(=O)NCc2ccc(F)c(Cl)c2)n2nc(C(F)(F)F)cc2n1. The highest BCUT2D eigenvalue weighted by atomic mass is 35.5. The Morgan fingerprint density at radius 1 is 1.12 bits per heavy atom. The smallest absolute Gasteiger partial charge is 0.435 e. The van der Waals surface area contributed by atoms with Gasteiger partial charge in [-0.25, -0.2) is 18.7 Å². The highest BCUT2D eigenvalue weighted by Gasteiger charge is 2.35. The quantitative estimate of drug-likeness (QED) is 0.275. The number of nitrogens with zero attached hydrogens (tertiary/aromatic N) is 3. The molecule has 2 amide bonds. The molecule has 0 unspecified atom stereocenters. The molecule has 2 heterocycles. The first-order valence-electron chi connectivity index (χ1n) is 12.2. The van der Waals surface area contributed by atoms with E-state index >= 15 is 0 Å². The van der Waals surface area contributed by atoms with E-state index in [1.165, 1.54) is 18.2 Å². The van der Waals surface area contributed by atoms with Crippen LogP contribution >= 0.6 is 11.6 Å². The number of carboxylic acid groups (broad SMARTS) is 1. The Morgan fingerprint density at radius 3 is 2.56 bits per heavy atom. The molecule has 2 aromatic heterocycles. The highest BCUT2D eigenvalue weighted by molar-refractivity contribution is 6.30. The van der Waals surface area contributed by atoms with Gasteiger partial charge >= 0.3 is 12.1 Å². The molecule has 41 heavy (non-hydrogen) atoms. The van der Waals surface area contributed by atoms with Crippen LogP contribution in [0.1, 0.15) is 71.7 Å². The maximum absolute atomic E-state index is 13.5. The number of halogens is 5. The van der Waals surface area contributed by atoms with Gasteiger partial charge in [0.05, 0.1) is 16.6 Å². The van der Waals surface area contributed by atoms with Crippen LogP contribution in [0, 0.1) is 12.7 Å². The van der Waals surface area contributed by atoms with Crippen molar-refractivity contribution in [2.24, 2.45) is 0 Å². The van der Waals surface area contributed by atoms with Crippen LogP contribution in [-0.2, 0) is 19.1 Å². The van der Waals surface area contributed by atoms with Crippen molar-refractivity contribution in [2.75, 3.05) is 0 Å². The van der Waals surface area contributed by atoms with Gasteiger partial charge < -0.3 is 15.7 Å². The largest absolute Gasteiger partial charge is 0.478 e. The van der Waals surface area contributed by atoms with Crippen LogP contribution in [0.15, 0.2) is 42.5 Å². The molecule has 9 nitrogen and oxygen atoms in total. The summed E-state index contributed by atoms with van der Waals surface area (Å²) in [7, 11) is 0. The van der Waals surface area contributed by atoms with Crippen molar-refractivity contribution in [3.63, 3.8) is 0 Å². The highest BCUT2D eigenvalue weighted by Crippen LogP contribution is 2.35. The molecule has 1 atom stereocenters. The Hall–Kier alpha value is -4.52. The number of aromatic carboxylic acids is 1. The summed E-state index contributed by atoms with van der Waals surface area (Å²) in [5.74, 6) is -3.35. The second kappa shape index (κ2) is 10.5. The monoisotopic (exact) mass is 589 g/mol. The molecule has 212 valence electrons. The fourth-order valence-electron chi connectivity index (χ4n) is 4.81. The molecule has 3 N–H and O–H groups in total.